The molecule has 0 N–H and O–H groups in total. The Kier molecular flexibility index (Phi) is 1.92. The first-order valence-electron chi connectivity index (χ1n) is 3.95. The molecule has 0 atom stereocenters. The van der Waals surface area contributed by atoms with E-state index in [0.717, 1.165) is 12.0 Å². The zero-order valence-corrected chi connectivity index (χ0v) is 6.92. The molecule has 0 radical (unpaired) electrons. The molecule has 3 nitrogen and oxygen atoms in total. The summed E-state index contributed by atoms with van der Waals surface area (Å²) in [7, 11) is 0. The lowest BCUT2D eigenvalue weighted by Gasteiger charge is -1.97. The van der Waals surface area contributed by atoms with E-state index in [9.17, 15) is 4.79 Å². The van der Waals surface area contributed by atoms with E-state index in [1.807, 2.05) is 30.3 Å². The van der Waals surface area contributed by atoms with Gasteiger partial charge in [0, 0.05) is 6.20 Å². The Balaban J connectivity index is 2.41. The van der Waals surface area contributed by atoms with Gasteiger partial charge >= 0.3 is 0 Å². The topological polar surface area (TPSA) is 34.9 Å². The van der Waals surface area contributed by atoms with Crippen molar-refractivity contribution < 1.29 is 4.79 Å². The second-order valence-corrected chi connectivity index (χ2v) is 2.67. The van der Waals surface area contributed by atoms with E-state index in [0.29, 0.717) is 5.56 Å². The lowest BCUT2D eigenvalue weighted by molar-refractivity contribution is 0.112. The number of hydrogen-bond acceptors (Lipinski definition) is 2. The second-order valence-electron chi connectivity index (χ2n) is 2.67. The van der Waals surface area contributed by atoms with Crippen molar-refractivity contribution in [3.8, 4) is 5.69 Å². The van der Waals surface area contributed by atoms with Gasteiger partial charge in [-0.15, -0.1) is 0 Å². The van der Waals surface area contributed by atoms with Crippen molar-refractivity contribution in [2.45, 2.75) is 0 Å². The van der Waals surface area contributed by atoms with Gasteiger partial charge in [0.15, 0.2) is 6.29 Å². The van der Waals surface area contributed by atoms with Crippen LogP contribution in [0.2, 0.25) is 0 Å². The van der Waals surface area contributed by atoms with Gasteiger partial charge in [-0.2, -0.15) is 5.10 Å². The van der Waals surface area contributed by atoms with Crippen LogP contribution in [0.5, 0.6) is 0 Å². The monoisotopic (exact) mass is 172 g/mol. The number of nitrogens with zero attached hydrogens (tertiary/aromatic N) is 2. The van der Waals surface area contributed by atoms with E-state index in [1.54, 1.807) is 17.1 Å². The van der Waals surface area contributed by atoms with Gasteiger partial charge in [0.1, 0.15) is 0 Å². The minimum absolute atomic E-state index is 0.587. The van der Waals surface area contributed by atoms with Gasteiger partial charge < -0.3 is 0 Å². The number of rotatable bonds is 2. The molecule has 2 rings (SSSR count). The Morgan fingerprint density at radius 3 is 2.62 bits per heavy atom. The third-order valence-corrected chi connectivity index (χ3v) is 1.76. The van der Waals surface area contributed by atoms with Gasteiger partial charge in [-0.3, -0.25) is 4.79 Å². The zero-order valence-electron chi connectivity index (χ0n) is 6.92. The third kappa shape index (κ3) is 1.49. The Bertz CT molecular complexity index is 406. The maximum Gasteiger partial charge on any atom is 0.153 e. The largest absolute Gasteiger partial charge is 0.298 e. The first-order chi connectivity index (χ1) is 6.40. The highest BCUT2D eigenvalue weighted by atomic mass is 16.1. The van der Waals surface area contributed by atoms with E-state index in [-0.39, 0.29) is 0 Å². The highest BCUT2D eigenvalue weighted by molar-refractivity contribution is 5.73. The number of benzene rings is 1. The Hall–Kier alpha value is -1.90. The highest BCUT2D eigenvalue weighted by Gasteiger charge is 1.97. The summed E-state index contributed by atoms with van der Waals surface area (Å²) in [5.41, 5.74) is 1.54. The van der Waals surface area contributed by atoms with Crippen LogP contribution in [0, 0.1) is 0 Å². The van der Waals surface area contributed by atoms with Gasteiger partial charge in [-0.25, -0.2) is 4.68 Å². The van der Waals surface area contributed by atoms with Crippen molar-refractivity contribution in [2.75, 3.05) is 0 Å². The number of aldehydes is 1. The van der Waals surface area contributed by atoms with Crippen molar-refractivity contribution in [1.29, 1.82) is 0 Å². The average Bonchev–Trinajstić information content (AvgIpc) is 2.67. The summed E-state index contributed by atoms with van der Waals surface area (Å²) in [5, 5.41) is 4.04. The number of para-hydroxylation sites is 1. The molecule has 64 valence electrons. The van der Waals surface area contributed by atoms with Crippen molar-refractivity contribution in [2.24, 2.45) is 0 Å². The molecule has 1 aromatic carbocycles. The molecule has 0 amide bonds. The molecule has 3 heteroatoms. The van der Waals surface area contributed by atoms with Crippen LogP contribution in [0.3, 0.4) is 0 Å². The second kappa shape index (κ2) is 3.23. The molecule has 0 aliphatic heterocycles. The zero-order chi connectivity index (χ0) is 9.10. The quantitative estimate of drug-likeness (QED) is 0.646. The highest BCUT2D eigenvalue weighted by Crippen LogP contribution is 2.05. The van der Waals surface area contributed by atoms with Crippen LogP contribution < -0.4 is 0 Å². The van der Waals surface area contributed by atoms with Crippen LogP contribution in [0.4, 0.5) is 0 Å². The lowest BCUT2D eigenvalue weighted by Crippen LogP contribution is -1.92. The van der Waals surface area contributed by atoms with Gasteiger partial charge in [0.25, 0.3) is 0 Å². The van der Waals surface area contributed by atoms with Crippen LogP contribution in [0.1, 0.15) is 10.4 Å². The van der Waals surface area contributed by atoms with Gasteiger partial charge in [0.05, 0.1) is 17.4 Å². The Labute approximate surface area is 75.6 Å². The molecule has 0 fully saturated rings. The van der Waals surface area contributed by atoms with E-state index in [1.165, 1.54) is 0 Å². The molecule has 13 heavy (non-hydrogen) atoms. The summed E-state index contributed by atoms with van der Waals surface area (Å²) in [5.74, 6) is 0. The number of carbonyl (C=O) groups is 1. The van der Waals surface area contributed by atoms with Crippen molar-refractivity contribution >= 4 is 6.29 Å². The standard InChI is InChI=1S/C10H8N2O/c13-8-9-6-11-12(7-9)10-4-2-1-3-5-10/h1-8H. The summed E-state index contributed by atoms with van der Waals surface area (Å²) in [4.78, 5) is 10.4. The predicted octanol–water partition coefficient (Wildman–Crippen LogP) is 1.68. The molecule has 1 heterocycles. The summed E-state index contributed by atoms with van der Waals surface area (Å²) >= 11 is 0. The molecule has 0 aliphatic rings. The van der Waals surface area contributed by atoms with Crippen LogP contribution in [-0.4, -0.2) is 16.1 Å². The summed E-state index contributed by atoms with van der Waals surface area (Å²) < 4.78 is 1.67. The summed E-state index contributed by atoms with van der Waals surface area (Å²) in [6.45, 7) is 0. The number of hydrogen-bond donors (Lipinski definition) is 0. The molecular weight excluding hydrogens is 164 g/mol. The molecule has 0 bridgehead atoms. The van der Waals surface area contributed by atoms with Crippen LogP contribution in [0.25, 0.3) is 5.69 Å². The van der Waals surface area contributed by atoms with E-state index in [2.05, 4.69) is 5.10 Å². The first-order valence-corrected chi connectivity index (χ1v) is 3.95. The SMILES string of the molecule is O=Cc1cnn(-c2ccccc2)c1. The normalized spacial score (nSPS) is 9.85. The summed E-state index contributed by atoms with van der Waals surface area (Å²) in [6.07, 6.45) is 4.02. The number of carbonyl (C=O) groups excluding carboxylic acids is 1. The smallest absolute Gasteiger partial charge is 0.153 e. The minimum atomic E-state index is 0.587. The molecular formula is C10H8N2O. The van der Waals surface area contributed by atoms with E-state index < -0.39 is 0 Å². The van der Waals surface area contributed by atoms with Crippen molar-refractivity contribution in [1.82, 2.24) is 9.78 Å². The fourth-order valence-corrected chi connectivity index (χ4v) is 1.12. The summed E-state index contributed by atoms with van der Waals surface area (Å²) in [6, 6.07) is 9.66. The van der Waals surface area contributed by atoms with Crippen molar-refractivity contribution in [3.05, 3.63) is 48.3 Å². The average molecular weight is 172 g/mol. The molecule has 0 unspecified atom stereocenters. The van der Waals surface area contributed by atoms with Crippen LogP contribution in [0.15, 0.2) is 42.7 Å². The van der Waals surface area contributed by atoms with Crippen LogP contribution in [-0.2, 0) is 0 Å². The molecule has 0 aliphatic carbocycles. The van der Waals surface area contributed by atoms with Crippen molar-refractivity contribution in [3.63, 3.8) is 0 Å². The third-order valence-electron chi connectivity index (χ3n) is 1.76. The van der Waals surface area contributed by atoms with E-state index in [4.69, 9.17) is 0 Å². The van der Waals surface area contributed by atoms with E-state index >= 15 is 0 Å². The first kappa shape index (κ1) is 7.73. The Morgan fingerprint density at radius 1 is 1.23 bits per heavy atom. The predicted molar refractivity (Wildman–Crippen MR) is 49.0 cm³/mol. The van der Waals surface area contributed by atoms with Gasteiger partial charge in [-0.05, 0) is 12.1 Å². The van der Waals surface area contributed by atoms with Gasteiger partial charge in [0.2, 0.25) is 0 Å². The maximum atomic E-state index is 10.4. The maximum absolute atomic E-state index is 10.4. The molecule has 0 saturated carbocycles. The van der Waals surface area contributed by atoms with Gasteiger partial charge in [-0.1, -0.05) is 18.2 Å². The fourth-order valence-electron chi connectivity index (χ4n) is 1.12. The molecule has 2 aromatic rings. The molecule has 0 spiro atoms. The fraction of sp³-hybridized carbons (Fsp3) is 0. The number of aromatic nitrogens is 2. The lowest BCUT2D eigenvalue weighted by atomic mass is 10.3. The molecule has 1 aromatic heterocycles. The Morgan fingerprint density at radius 2 is 2.00 bits per heavy atom. The van der Waals surface area contributed by atoms with Crippen LogP contribution >= 0.6 is 0 Å². The minimum Gasteiger partial charge on any atom is -0.298 e. The molecule has 0 saturated heterocycles.